The zero-order valence-electron chi connectivity index (χ0n) is 15.5. The van der Waals surface area contributed by atoms with E-state index in [1.165, 1.54) is 0 Å². The Hall–Kier alpha value is -3.60. The number of nitrogens with one attached hydrogen (secondary N) is 1. The van der Waals surface area contributed by atoms with Crippen molar-refractivity contribution in [3.05, 3.63) is 72.6 Å². The molecule has 3 heterocycles. The molecule has 0 unspecified atom stereocenters. The third-order valence-corrected chi connectivity index (χ3v) is 5.27. The van der Waals surface area contributed by atoms with Crippen molar-refractivity contribution in [1.82, 2.24) is 14.5 Å². The van der Waals surface area contributed by atoms with Gasteiger partial charge in [0.25, 0.3) is 11.8 Å². The summed E-state index contributed by atoms with van der Waals surface area (Å²) in [6.45, 7) is 2.97. The number of aryl methyl sites for hydroxylation is 1. The zero-order chi connectivity index (χ0) is 19.3. The average Bonchev–Trinajstić information content (AvgIpc) is 3.36. The van der Waals surface area contributed by atoms with E-state index in [0.717, 1.165) is 40.3 Å². The fourth-order valence-corrected chi connectivity index (χ4v) is 4.08. The third kappa shape index (κ3) is 2.33. The minimum absolute atomic E-state index is 0.350. The highest BCUT2D eigenvalue weighted by Crippen LogP contribution is 2.35. The monoisotopic (exact) mass is 369 g/mol. The Bertz CT molecular complexity index is 1290. The van der Waals surface area contributed by atoms with E-state index in [1.807, 2.05) is 65.5 Å². The van der Waals surface area contributed by atoms with E-state index >= 15 is 0 Å². The van der Waals surface area contributed by atoms with E-state index in [0.29, 0.717) is 11.3 Å². The molecule has 0 fully saturated rings. The summed E-state index contributed by atoms with van der Waals surface area (Å²) in [5.41, 5.74) is 3.57. The molecule has 2 amide bonds. The Balaban J connectivity index is 1.83. The van der Waals surface area contributed by atoms with Crippen molar-refractivity contribution in [2.24, 2.45) is 0 Å². The van der Waals surface area contributed by atoms with Gasteiger partial charge >= 0.3 is 0 Å². The van der Waals surface area contributed by atoms with Crippen molar-refractivity contribution < 1.29 is 9.59 Å². The maximum Gasteiger partial charge on any atom is 0.275 e. The Morgan fingerprint density at radius 2 is 1.64 bits per heavy atom. The molecule has 0 bridgehead atoms. The number of fused-ring (bicyclic) bond motifs is 2. The minimum Gasteiger partial charge on any atom is -0.347 e. The van der Waals surface area contributed by atoms with Gasteiger partial charge in [-0.1, -0.05) is 43.3 Å². The third-order valence-electron chi connectivity index (χ3n) is 5.27. The first-order chi connectivity index (χ1) is 13.7. The van der Waals surface area contributed by atoms with Gasteiger partial charge < -0.3 is 9.13 Å². The van der Waals surface area contributed by atoms with Gasteiger partial charge in [-0.15, -0.1) is 0 Å². The maximum absolute atomic E-state index is 12.8. The van der Waals surface area contributed by atoms with Crippen LogP contribution in [0.15, 0.2) is 67.0 Å². The maximum atomic E-state index is 12.8. The molecule has 1 N–H and O–H groups in total. The molecule has 1 aliphatic heterocycles. The van der Waals surface area contributed by atoms with Crippen LogP contribution in [0.25, 0.3) is 33.1 Å². The van der Waals surface area contributed by atoms with Crippen LogP contribution in [0.2, 0.25) is 0 Å². The molecule has 0 saturated heterocycles. The highest BCUT2D eigenvalue weighted by Gasteiger charge is 2.34. The van der Waals surface area contributed by atoms with Crippen LogP contribution in [-0.2, 0) is 16.1 Å². The van der Waals surface area contributed by atoms with Gasteiger partial charge in [0, 0.05) is 35.4 Å². The van der Waals surface area contributed by atoms with Gasteiger partial charge in [0.05, 0.1) is 11.1 Å². The molecular formula is C23H19N3O2. The van der Waals surface area contributed by atoms with Crippen LogP contribution in [0.3, 0.4) is 0 Å². The number of hydrogen-bond donors (Lipinski definition) is 1. The number of benzene rings is 2. The molecule has 138 valence electrons. The number of carbonyl (C=O) groups excluding carboxylic acids is 2. The Kier molecular flexibility index (Phi) is 3.69. The molecule has 4 aromatic rings. The van der Waals surface area contributed by atoms with Crippen molar-refractivity contribution in [2.45, 2.75) is 19.9 Å². The summed E-state index contributed by atoms with van der Waals surface area (Å²) in [4.78, 5) is 25.6. The minimum atomic E-state index is -0.367. The van der Waals surface area contributed by atoms with Crippen LogP contribution >= 0.6 is 0 Å². The average molecular weight is 369 g/mol. The molecule has 0 spiro atoms. The standard InChI is InChI=1S/C23H19N3O2/c1-2-12-25-14-17(16-8-4-6-10-19(16)25)20-21(23(28)24-22(20)27)26-13-11-15-7-3-5-9-18(15)26/h3-11,13-14H,2,12H2,1H3,(H,24,27,28). The van der Waals surface area contributed by atoms with Crippen LogP contribution < -0.4 is 5.32 Å². The largest absolute Gasteiger partial charge is 0.347 e. The molecule has 0 atom stereocenters. The van der Waals surface area contributed by atoms with Crippen LogP contribution in [0, 0.1) is 0 Å². The highest BCUT2D eigenvalue weighted by molar-refractivity contribution is 6.47. The number of hydrogen-bond acceptors (Lipinski definition) is 2. The summed E-state index contributed by atoms with van der Waals surface area (Å²) in [6.07, 6.45) is 4.83. The van der Waals surface area contributed by atoms with Crippen molar-refractivity contribution >= 4 is 44.9 Å². The lowest BCUT2D eigenvalue weighted by Crippen LogP contribution is -2.23. The molecule has 0 saturated carbocycles. The molecule has 28 heavy (non-hydrogen) atoms. The number of amides is 2. The lowest BCUT2D eigenvalue weighted by atomic mass is 10.0. The first-order valence-corrected chi connectivity index (χ1v) is 9.43. The Labute approximate surface area is 161 Å². The quantitative estimate of drug-likeness (QED) is 0.552. The van der Waals surface area contributed by atoms with Gasteiger partial charge in [-0.2, -0.15) is 0 Å². The van der Waals surface area contributed by atoms with E-state index in [9.17, 15) is 9.59 Å². The summed E-state index contributed by atoms with van der Waals surface area (Å²) in [6, 6.07) is 17.8. The fraction of sp³-hybridized carbons (Fsp3) is 0.130. The topological polar surface area (TPSA) is 56.0 Å². The van der Waals surface area contributed by atoms with Gasteiger partial charge in [-0.25, -0.2) is 0 Å². The molecule has 5 heteroatoms. The normalized spacial score (nSPS) is 14.5. The molecule has 2 aromatic heterocycles. The summed E-state index contributed by atoms with van der Waals surface area (Å²) in [7, 11) is 0. The number of para-hydroxylation sites is 2. The molecule has 5 rings (SSSR count). The van der Waals surface area contributed by atoms with E-state index in [2.05, 4.69) is 22.9 Å². The van der Waals surface area contributed by atoms with Crippen LogP contribution in [0.5, 0.6) is 0 Å². The van der Waals surface area contributed by atoms with Crippen molar-refractivity contribution in [3.8, 4) is 0 Å². The van der Waals surface area contributed by atoms with E-state index < -0.39 is 0 Å². The summed E-state index contributed by atoms with van der Waals surface area (Å²) >= 11 is 0. The first-order valence-electron chi connectivity index (χ1n) is 9.43. The second kappa shape index (κ2) is 6.23. The predicted molar refractivity (Wildman–Crippen MR) is 110 cm³/mol. The van der Waals surface area contributed by atoms with Crippen molar-refractivity contribution in [2.75, 3.05) is 0 Å². The second-order valence-electron chi connectivity index (χ2n) is 7.00. The van der Waals surface area contributed by atoms with Gasteiger partial charge in [0.1, 0.15) is 5.70 Å². The molecule has 1 aliphatic rings. The van der Waals surface area contributed by atoms with Gasteiger partial charge in [0.15, 0.2) is 0 Å². The number of aromatic nitrogens is 2. The van der Waals surface area contributed by atoms with Crippen LogP contribution in [-0.4, -0.2) is 20.9 Å². The lowest BCUT2D eigenvalue weighted by molar-refractivity contribution is -0.122. The summed E-state index contributed by atoms with van der Waals surface area (Å²) < 4.78 is 3.97. The lowest BCUT2D eigenvalue weighted by Gasteiger charge is -2.07. The van der Waals surface area contributed by atoms with Gasteiger partial charge in [-0.05, 0) is 30.0 Å². The van der Waals surface area contributed by atoms with E-state index in [1.54, 1.807) is 0 Å². The molecule has 2 aromatic carbocycles. The van der Waals surface area contributed by atoms with Crippen molar-refractivity contribution in [1.29, 1.82) is 0 Å². The molecule has 0 radical (unpaired) electrons. The summed E-state index contributed by atoms with van der Waals surface area (Å²) in [5, 5.41) is 4.49. The number of carbonyl (C=O) groups is 2. The molecule has 5 nitrogen and oxygen atoms in total. The van der Waals surface area contributed by atoms with Crippen LogP contribution in [0.4, 0.5) is 0 Å². The van der Waals surface area contributed by atoms with E-state index in [-0.39, 0.29) is 11.8 Å². The van der Waals surface area contributed by atoms with Gasteiger partial charge in [-0.3, -0.25) is 14.9 Å². The first kappa shape index (κ1) is 16.6. The highest BCUT2D eigenvalue weighted by atomic mass is 16.2. The predicted octanol–water partition coefficient (Wildman–Crippen LogP) is 4.03. The number of nitrogens with zero attached hydrogens (tertiary/aromatic N) is 2. The summed E-state index contributed by atoms with van der Waals surface area (Å²) in [5.74, 6) is -0.717. The van der Waals surface area contributed by atoms with Gasteiger partial charge in [0.2, 0.25) is 0 Å². The second-order valence-corrected chi connectivity index (χ2v) is 7.00. The SMILES string of the molecule is CCCn1cc(C2=C(n3ccc4ccccc43)C(=O)NC2=O)c2ccccc21. The van der Waals surface area contributed by atoms with E-state index in [4.69, 9.17) is 0 Å². The number of imide groups is 1. The zero-order valence-corrected chi connectivity index (χ0v) is 15.5. The Morgan fingerprint density at radius 1 is 0.893 bits per heavy atom. The Morgan fingerprint density at radius 3 is 2.46 bits per heavy atom. The number of rotatable bonds is 4. The van der Waals surface area contributed by atoms with Crippen LogP contribution in [0.1, 0.15) is 18.9 Å². The smallest absolute Gasteiger partial charge is 0.275 e. The molecular weight excluding hydrogens is 350 g/mol. The van der Waals surface area contributed by atoms with Crippen molar-refractivity contribution in [3.63, 3.8) is 0 Å². The molecule has 0 aliphatic carbocycles. The fourth-order valence-electron chi connectivity index (χ4n) is 4.08.